The van der Waals surface area contributed by atoms with Gasteiger partial charge in [0.15, 0.2) is 12.4 Å². The van der Waals surface area contributed by atoms with Crippen molar-refractivity contribution in [2.75, 3.05) is 10.6 Å². The van der Waals surface area contributed by atoms with E-state index in [4.69, 9.17) is 17.5 Å². The molecular weight excluding hydrogens is 420 g/mol. The molecule has 2 aromatic carbocycles. The van der Waals surface area contributed by atoms with E-state index >= 15 is 0 Å². The summed E-state index contributed by atoms with van der Waals surface area (Å²) in [4.78, 5) is 12.4. The molecule has 0 saturated heterocycles. The van der Waals surface area contributed by atoms with Crippen LogP contribution >= 0.6 is 0 Å². The zero-order valence-corrected chi connectivity index (χ0v) is 17.6. The lowest BCUT2D eigenvalue weighted by atomic mass is 10.2. The second kappa shape index (κ2) is 9.04. The molecule has 0 atom stereocenters. The number of amides is 2. The Balaban J connectivity index is 0.000000491. The fourth-order valence-electron chi connectivity index (χ4n) is 3.18. The molecule has 2 aromatic heterocycles. The van der Waals surface area contributed by atoms with Gasteiger partial charge in [-0.15, -0.1) is 0 Å². The van der Waals surface area contributed by atoms with Crippen LogP contribution in [0.25, 0.3) is 21.8 Å². The number of hydrogen-bond acceptors (Lipinski definition) is 5. The number of anilines is 2. The molecule has 0 aliphatic heterocycles. The predicted octanol–water partition coefficient (Wildman–Crippen LogP) is 1.95. The van der Waals surface area contributed by atoms with E-state index in [0.717, 1.165) is 33.2 Å². The number of nitrogens with one attached hydrogen (secondary N) is 2. The zero-order valence-electron chi connectivity index (χ0n) is 16.8. The third kappa shape index (κ3) is 6.19. The molecular formula is C21H20N4O5S. The van der Waals surface area contributed by atoms with E-state index in [-0.39, 0.29) is 6.03 Å². The van der Waals surface area contributed by atoms with Crippen molar-refractivity contribution in [3.8, 4) is 0 Å². The fraction of sp³-hybridized carbons (Fsp3) is 0.0952. The maximum Gasteiger partial charge on any atom is 0.323 e. The minimum absolute atomic E-state index is 0.260. The first kappa shape index (κ1) is 22.1. The quantitative estimate of drug-likeness (QED) is 0.280. The molecule has 0 fully saturated rings. The first-order valence-corrected chi connectivity index (χ1v) is 10.4. The Hall–Kier alpha value is -3.60. The summed E-state index contributed by atoms with van der Waals surface area (Å²) in [6.07, 6.45) is 4.00. The van der Waals surface area contributed by atoms with Gasteiger partial charge in [-0.1, -0.05) is 0 Å². The number of hydrogen-bond donors (Lipinski definition) is 2. The predicted molar refractivity (Wildman–Crippen MR) is 113 cm³/mol. The van der Waals surface area contributed by atoms with Gasteiger partial charge < -0.3 is 19.7 Å². The SMILES string of the molecule is C[n+]1cccc2cc(NC(=O)Nc3ccc4c(ccc[n+]4C)c3)ccc21.O=S(=O)([O-])[O-]. The molecule has 0 spiro atoms. The molecule has 2 heterocycles. The topological polar surface area (TPSA) is 129 Å². The summed E-state index contributed by atoms with van der Waals surface area (Å²) in [5.74, 6) is 0. The van der Waals surface area contributed by atoms with E-state index in [1.165, 1.54) is 0 Å². The Bertz CT molecular complexity index is 1280. The first-order valence-electron chi connectivity index (χ1n) is 9.12. The third-order valence-electron chi connectivity index (χ3n) is 4.50. The molecule has 0 saturated carbocycles. The Morgan fingerprint density at radius 2 is 1.16 bits per heavy atom. The molecule has 160 valence electrons. The van der Waals surface area contributed by atoms with E-state index in [1.807, 2.05) is 96.3 Å². The molecule has 10 heteroatoms. The normalized spacial score (nSPS) is 11.0. The number of urea groups is 1. The molecule has 4 aromatic rings. The highest BCUT2D eigenvalue weighted by atomic mass is 32.3. The molecule has 0 bridgehead atoms. The summed E-state index contributed by atoms with van der Waals surface area (Å²) >= 11 is 0. The van der Waals surface area contributed by atoms with Gasteiger partial charge >= 0.3 is 6.03 Å². The Morgan fingerprint density at radius 1 is 0.774 bits per heavy atom. The van der Waals surface area contributed by atoms with Gasteiger partial charge in [-0.25, -0.2) is 13.9 Å². The van der Waals surface area contributed by atoms with Crippen LogP contribution in [0.15, 0.2) is 73.1 Å². The number of fused-ring (bicyclic) bond motifs is 2. The van der Waals surface area contributed by atoms with Crippen molar-refractivity contribution in [2.24, 2.45) is 14.1 Å². The molecule has 2 N–H and O–H groups in total. The van der Waals surface area contributed by atoms with Crippen LogP contribution < -0.4 is 19.8 Å². The number of nitrogens with zero attached hydrogens (tertiary/aromatic N) is 2. The maximum atomic E-state index is 12.4. The molecule has 0 aliphatic rings. The average Bonchev–Trinajstić information content (AvgIpc) is 2.67. The fourth-order valence-corrected chi connectivity index (χ4v) is 3.18. The van der Waals surface area contributed by atoms with Gasteiger partial charge in [-0.3, -0.25) is 8.42 Å². The number of rotatable bonds is 2. The monoisotopic (exact) mass is 440 g/mol. The molecule has 0 radical (unpaired) electrons. The van der Waals surface area contributed by atoms with E-state index < -0.39 is 10.4 Å². The summed E-state index contributed by atoms with van der Waals surface area (Å²) in [5.41, 5.74) is 3.74. The van der Waals surface area contributed by atoms with Crippen molar-refractivity contribution in [3.05, 3.63) is 73.1 Å². The highest BCUT2D eigenvalue weighted by Gasteiger charge is 2.09. The summed E-state index contributed by atoms with van der Waals surface area (Å²) in [7, 11) is -1.16. The van der Waals surface area contributed by atoms with Crippen molar-refractivity contribution < 1.29 is 31.5 Å². The van der Waals surface area contributed by atoms with Crippen LogP contribution in [0, 0.1) is 0 Å². The standard InChI is InChI=1S/C21H19N4O.H2O4S/c1-24-11-3-5-15-13-17(7-9-19(15)24)22-21(26)23-18-8-10-20-16(14-18)6-4-12-25(20)2;1-5(2,3)4/h3-14H,1-2H3,(H-,22,23,26);(H2,1,2,3,4)/q+1;/p-1. The van der Waals surface area contributed by atoms with Crippen LogP contribution in [-0.2, 0) is 24.5 Å². The molecule has 4 rings (SSSR count). The zero-order chi connectivity index (χ0) is 22.6. The van der Waals surface area contributed by atoms with Gasteiger partial charge in [0.2, 0.25) is 11.0 Å². The minimum atomic E-state index is -5.17. The number of carbonyl (C=O) groups excluding carboxylic acids is 1. The largest absolute Gasteiger partial charge is 0.759 e. The van der Waals surface area contributed by atoms with Crippen LogP contribution in [0.2, 0.25) is 0 Å². The lowest BCUT2D eigenvalue weighted by Gasteiger charge is -2.08. The summed E-state index contributed by atoms with van der Waals surface area (Å²) in [6, 6.07) is 19.5. The van der Waals surface area contributed by atoms with E-state index in [0.29, 0.717) is 0 Å². The minimum Gasteiger partial charge on any atom is -0.759 e. The molecule has 31 heavy (non-hydrogen) atoms. The lowest BCUT2D eigenvalue weighted by molar-refractivity contribution is -0.645. The van der Waals surface area contributed by atoms with Gasteiger partial charge in [0.25, 0.3) is 0 Å². The van der Waals surface area contributed by atoms with Gasteiger partial charge in [0.05, 0.1) is 0 Å². The van der Waals surface area contributed by atoms with Crippen LogP contribution in [0.3, 0.4) is 0 Å². The van der Waals surface area contributed by atoms with Gasteiger partial charge in [-0.05, 0) is 36.4 Å². The Kier molecular flexibility index (Phi) is 6.44. The molecule has 9 nitrogen and oxygen atoms in total. The van der Waals surface area contributed by atoms with Gasteiger partial charge in [-0.2, -0.15) is 0 Å². The second-order valence-electron chi connectivity index (χ2n) is 6.77. The van der Waals surface area contributed by atoms with Crippen molar-refractivity contribution in [3.63, 3.8) is 0 Å². The first-order chi connectivity index (χ1) is 14.6. The second-order valence-corrected chi connectivity index (χ2v) is 7.59. The highest BCUT2D eigenvalue weighted by molar-refractivity contribution is 7.79. The lowest BCUT2D eigenvalue weighted by Crippen LogP contribution is -2.28. The third-order valence-corrected chi connectivity index (χ3v) is 4.50. The molecule has 0 aliphatic carbocycles. The summed E-state index contributed by atoms with van der Waals surface area (Å²) in [6.45, 7) is 0. The van der Waals surface area contributed by atoms with Gasteiger partial charge in [0, 0.05) is 56.8 Å². The summed E-state index contributed by atoms with van der Waals surface area (Å²) in [5, 5.41) is 7.94. The van der Waals surface area contributed by atoms with Crippen LogP contribution in [0.4, 0.5) is 16.2 Å². The number of benzene rings is 2. The van der Waals surface area contributed by atoms with E-state index in [2.05, 4.69) is 10.6 Å². The van der Waals surface area contributed by atoms with Crippen LogP contribution in [0.5, 0.6) is 0 Å². The smallest absolute Gasteiger partial charge is 0.323 e. The molecule has 2 amide bonds. The maximum absolute atomic E-state index is 12.4. The Labute approximate surface area is 179 Å². The molecule has 0 unspecified atom stereocenters. The van der Waals surface area contributed by atoms with E-state index in [1.54, 1.807) is 0 Å². The average molecular weight is 440 g/mol. The van der Waals surface area contributed by atoms with Crippen molar-refractivity contribution in [1.29, 1.82) is 0 Å². The highest BCUT2D eigenvalue weighted by Crippen LogP contribution is 2.18. The van der Waals surface area contributed by atoms with Crippen molar-refractivity contribution in [1.82, 2.24) is 0 Å². The number of pyridine rings is 2. The van der Waals surface area contributed by atoms with Crippen LogP contribution in [-0.4, -0.2) is 23.6 Å². The van der Waals surface area contributed by atoms with E-state index in [9.17, 15) is 4.79 Å². The van der Waals surface area contributed by atoms with Crippen molar-refractivity contribution >= 4 is 49.6 Å². The van der Waals surface area contributed by atoms with Gasteiger partial charge in [0.1, 0.15) is 14.1 Å². The number of carbonyl (C=O) groups is 1. The Morgan fingerprint density at radius 3 is 1.55 bits per heavy atom. The number of aryl methyl sites for hydroxylation is 2. The number of aromatic nitrogens is 2. The van der Waals surface area contributed by atoms with Crippen LogP contribution in [0.1, 0.15) is 0 Å². The summed E-state index contributed by atoms with van der Waals surface area (Å²) < 4.78 is 38.2. The van der Waals surface area contributed by atoms with Crippen molar-refractivity contribution in [2.45, 2.75) is 0 Å².